The van der Waals surface area contributed by atoms with Crippen molar-refractivity contribution in [1.29, 1.82) is 0 Å². The van der Waals surface area contributed by atoms with E-state index in [-0.39, 0.29) is 29.2 Å². The molecule has 1 N–H and O–H groups in total. The van der Waals surface area contributed by atoms with E-state index in [2.05, 4.69) is 10.1 Å². The summed E-state index contributed by atoms with van der Waals surface area (Å²) in [5.74, 6) is -0.494. The molecule has 0 radical (unpaired) electrons. The van der Waals surface area contributed by atoms with Crippen LogP contribution in [0.15, 0.2) is 24.3 Å². The maximum atomic E-state index is 12.7. The number of halogens is 2. The lowest BCUT2D eigenvalue weighted by atomic mass is 10.1. The topological polar surface area (TPSA) is 71.1 Å². The molecule has 2 heterocycles. The van der Waals surface area contributed by atoms with Gasteiger partial charge < -0.3 is 24.6 Å². The van der Waals surface area contributed by atoms with E-state index in [4.69, 9.17) is 4.74 Å². The first-order valence-electron chi connectivity index (χ1n) is 8.96. The highest BCUT2D eigenvalue weighted by Crippen LogP contribution is 2.22. The number of alkyl halides is 2. The van der Waals surface area contributed by atoms with Crippen molar-refractivity contribution < 1.29 is 27.8 Å². The van der Waals surface area contributed by atoms with E-state index in [0.29, 0.717) is 45.8 Å². The van der Waals surface area contributed by atoms with Crippen LogP contribution in [0.1, 0.15) is 16.8 Å². The number of morpholine rings is 1. The molecule has 0 aromatic heterocycles. The Morgan fingerprint density at radius 1 is 1.19 bits per heavy atom. The number of hydrogen-bond donors (Lipinski definition) is 1. The van der Waals surface area contributed by atoms with Gasteiger partial charge in [0.2, 0.25) is 5.91 Å². The molecule has 9 heteroatoms. The van der Waals surface area contributed by atoms with Crippen molar-refractivity contribution in [3.63, 3.8) is 0 Å². The van der Waals surface area contributed by atoms with Crippen molar-refractivity contribution in [3.8, 4) is 5.75 Å². The Hall–Kier alpha value is -2.26. The number of rotatable bonds is 5. The van der Waals surface area contributed by atoms with E-state index < -0.39 is 6.61 Å². The van der Waals surface area contributed by atoms with Gasteiger partial charge >= 0.3 is 6.61 Å². The van der Waals surface area contributed by atoms with Crippen molar-refractivity contribution in [3.05, 3.63) is 29.8 Å². The third-order valence-corrected chi connectivity index (χ3v) is 4.67. The van der Waals surface area contributed by atoms with Gasteiger partial charge in [0.05, 0.1) is 18.8 Å². The third kappa shape index (κ3) is 5.14. The lowest BCUT2D eigenvalue weighted by Gasteiger charge is -2.36. The first-order valence-corrected chi connectivity index (χ1v) is 8.96. The minimum atomic E-state index is -2.99. The highest BCUT2D eigenvalue weighted by Gasteiger charge is 2.28. The van der Waals surface area contributed by atoms with Gasteiger partial charge in [-0.25, -0.2) is 0 Å². The number of benzene rings is 1. The van der Waals surface area contributed by atoms with Crippen LogP contribution in [0, 0.1) is 0 Å². The van der Waals surface area contributed by atoms with Gasteiger partial charge in [0.15, 0.2) is 0 Å². The minimum absolute atomic E-state index is 0.0179. The summed E-state index contributed by atoms with van der Waals surface area (Å²) in [5.41, 5.74) is 0.0983. The quantitative estimate of drug-likeness (QED) is 0.820. The van der Waals surface area contributed by atoms with E-state index in [9.17, 15) is 18.4 Å². The van der Waals surface area contributed by atoms with E-state index in [0.717, 1.165) is 6.54 Å². The van der Waals surface area contributed by atoms with Gasteiger partial charge in [-0.05, 0) is 12.1 Å². The molecule has 1 unspecified atom stereocenters. The molecule has 0 spiro atoms. The summed E-state index contributed by atoms with van der Waals surface area (Å²) in [6.07, 6.45) is 0.360. The van der Waals surface area contributed by atoms with Gasteiger partial charge in [0.25, 0.3) is 5.91 Å². The zero-order chi connectivity index (χ0) is 19.2. The second-order valence-corrected chi connectivity index (χ2v) is 6.48. The second-order valence-electron chi connectivity index (χ2n) is 6.48. The van der Waals surface area contributed by atoms with Crippen molar-refractivity contribution in [2.24, 2.45) is 0 Å². The Bertz CT molecular complexity index is 660. The molecule has 2 aliphatic heterocycles. The predicted octanol–water partition coefficient (Wildman–Crippen LogP) is 0.951. The van der Waals surface area contributed by atoms with Gasteiger partial charge in [0, 0.05) is 45.2 Å². The van der Waals surface area contributed by atoms with Crippen molar-refractivity contribution in [2.45, 2.75) is 19.1 Å². The van der Waals surface area contributed by atoms with Gasteiger partial charge in [-0.15, -0.1) is 0 Å². The van der Waals surface area contributed by atoms with Crippen molar-refractivity contribution >= 4 is 11.8 Å². The summed E-state index contributed by atoms with van der Waals surface area (Å²) in [6.45, 7) is 0.440. The number of ether oxygens (including phenoxy) is 2. The molecule has 2 aliphatic rings. The predicted molar refractivity (Wildman–Crippen MR) is 92.8 cm³/mol. The lowest BCUT2D eigenvalue weighted by Crippen LogP contribution is -2.52. The largest absolute Gasteiger partial charge is 0.434 e. The number of carbonyl (C=O) groups excluding carboxylic acids is 2. The van der Waals surface area contributed by atoms with Crippen LogP contribution in [0.5, 0.6) is 5.75 Å². The Kier molecular flexibility index (Phi) is 6.57. The lowest BCUT2D eigenvalue weighted by molar-refractivity contribution is -0.133. The first-order chi connectivity index (χ1) is 13.0. The molecule has 2 fully saturated rings. The average molecular weight is 383 g/mol. The fourth-order valence-corrected chi connectivity index (χ4v) is 3.26. The summed E-state index contributed by atoms with van der Waals surface area (Å²) >= 11 is 0. The summed E-state index contributed by atoms with van der Waals surface area (Å²) in [7, 11) is 0. The standard InChI is InChI=1S/C18H23F2N3O4/c19-18(20)27-15-4-2-1-3-14(15)17(25)23-8-6-22(7-9-23)16(24)11-13-12-26-10-5-21-13/h1-4,13,18,21H,5-12H2. The third-order valence-electron chi connectivity index (χ3n) is 4.67. The summed E-state index contributed by atoms with van der Waals surface area (Å²) in [6, 6.07) is 5.97. The number of para-hydroxylation sites is 1. The maximum absolute atomic E-state index is 12.7. The Morgan fingerprint density at radius 2 is 1.89 bits per heavy atom. The highest BCUT2D eigenvalue weighted by atomic mass is 19.3. The van der Waals surface area contributed by atoms with E-state index >= 15 is 0 Å². The molecule has 3 rings (SSSR count). The molecule has 0 bridgehead atoms. The van der Waals surface area contributed by atoms with Crippen LogP contribution >= 0.6 is 0 Å². The van der Waals surface area contributed by atoms with Crippen LogP contribution in [-0.2, 0) is 9.53 Å². The number of nitrogens with one attached hydrogen (secondary N) is 1. The fourth-order valence-electron chi connectivity index (χ4n) is 3.26. The number of nitrogens with zero attached hydrogens (tertiary/aromatic N) is 2. The minimum Gasteiger partial charge on any atom is -0.434 e. The van der Waals surface area contributed by atoms with E-state index in [1.165, 1.54) is 18.2 Å². The van der Waals surface area contributed by atoms with Crippen LogP contribution in [0.3, 0.4) is 0 Å². The van der Waals surface area contributed by atoms with Crippen molar-refractivity contribution in [1.82, 2.24) is 15.1 Å². The normalized spacial score (nSPS) is 20.6. The molecule has 0 saturated carbocycles. The molecule has 1 aromatic rings. The molecule has 148 valence electrons. The van der Waals surface area contributed by atoms with Crippen LogP contribution in [0.25, 0.3) is 0 Å². The first kappa shape index (κ1) is 19.5. The smallest absolute Gasteiger partial charge is 0.387 e. The highest BCUT2D eigenvalue weighted by molar-refractivity contribution is 5.97. The Labute approximate surface area is 156 Å². The van der Waals surface area contributed by atoms with Gasteiger partial charge in [-0.1, -0.05) is 12.1 Å². The molecular weight excluding hydrogens is 360 g/mol. The van der Waals surface area contributed by atoms with Gasteiger partial charge in [-0.2, -0.15) is 8.78 Å². The molecular formula is C18H23F2N3O4. The molecule has 2 saturated heterocycles. The number of amides is 2. The van der Waals surface area contributed by atoms with Gasteiger partial charge in [-0.3, -0.25) is 9.59 Å². The SMILES string of the molecule is O=C(CC1COCCN1)N1CCN(C(=O)c2ccccc2OC(F)F)CC1. The molecule has 2 amide bonds. The second kappa shape index (κ2) is 9.09. The molecule has 1 aromatic carbocycles. The molecule has 0 aliphatic carbocycles. The summed E-state index contributed by atoms with van der Waals surface area (Å²) in [4.78, 5) is 28.4. The number of hydrogen-bond acceptors (Lipinski definition) is 5. The fraction of sp³-hybridized carbons (Fsp3) is 0.556. The van der Waals surface area contributed by atoms with E-state index in [1.807, 2.05) is 0 Å². The number of piperazine rings is 1. The Balaban J connectivity index is 1.54. The maximum Gasteiger partial charge on any atom is 0.387 e. The van der Waals surface area contributed by atoms with Crippen LogP contribution in [0.2, 0.25) is 0 Å². The van der Waals surface area contributed by atoms with Crippen molar-refractivity contribution in [2.75, 3.05) is 45.9 Å². The Morgan fingerprint density at radius 3 is 2.56 bits per heavy atom. The molecule has 27 heavy (non-hydrogen) atoms. The monoisotopic (exact) mass is 383 g/mol. The molecule has 7 nitrogen and oxygen atoms in total. The summed E-state index contributed by atoms with van der Waals surface area (Å²) < 4.78 is 34.9. The van der Waals surface area contributed by atoms with Gasteiger partial charge in [0.1, 0.15) is 5.75 Å². The van der Waals surface area contributed by atoms with Crippen LogP contribution < -0.4 is 10.1 Å². The number of carbonyl (C=O) groups is 2. The zero-order valence-corrected chi connectivity index (χ0v) is 14.9. The van der Waals surface area contributed by atoms with E-state index in [1.54, 1.807) is 15.9 Å². The zero-order valence-electron chi connectivity index (χ0n) is 14.9. The molecule has 1 atom stereocenters. The average Bonchev–Trinajstić information content (AvgIpc) is 2.68. The summed E-state index contributed by atoms with van der Waals surface area (Å²) in [5, 5.41) is 3.25. The van der Waals surface area contributed by atoms with Crippen LogP contribution in [0.4, 0.5) is 8.78 Å². The van der Waals surface area contributed by atoms with Crippen LogP contribution in [-0.4, -0.2) is 80.2 Å².